The fourth-order valence-corrected chi connectivity index (χ4v) is 2.59. The molecule has 0 aliphatic carbocycles. The highest BCUT2D eigenvalue weighted by Gasteiger charge is 2.19. The van der Waals surface area contributed by atoms with Gasteiger partial charge in [-0.2, -0.15) is 5.10 Å². The Hall–Kier alpha value is -1.66. The molecule has 2 aromatic heterocycles. The van der Waals surface area contributed by atoms with Crippen LogP contribution < -0.4 is 5.73 Å². The zero-order valence-corrected chi connectivity index (χ0v) is 11.4. The van der Waals surface area contributed by atoms with Crippen LogP contribution in [0.5, 0.6) is 0 Å². The van der Waals surface area contributed by atoms with Gasteiger partial charge in [-0.15, -0.1) is 0 Å². The van der Waals surface area contributed by atoms with E-state index in [0.717, 1.165) is 43.0 Å². The first kappa shape index (κ1) is 12.4. The highest BCUT2D eigenvalue weighted by Crippen LogP contribution is 2.21. The molecule has 2 N–H and O–H groups in total. The maximum atomic E-state index is 6.13. The third kappa shape index (κ3) is 2.54. The molecule has 3 rings (SSSR count). The molecule has 0 saturated heterocycles. The molecule has 0 bridgehead atoms. The fraction of sp³-hybridized carbons (Fsp3) is 0.417. The zero-order valence-electron chi connectivity index (χ0n) is 10.7. The van der Waals surface area contributed by atoms with Crippen LogP contribution in [0.2, 0.25) is 5.02 Å². The van der Waals surface area contributed by atoms with Crippen LogP contribution in [0, 0.1) is 0 Å². The van der Waals surface area contributed by atoms with Crippen LogP contribution in [-0.2, 0) is 26.6 Å². The van der Waals surface area contributed by atoms with Crippen molar-refractivity contribution in [2.45, 2.75) is 19.5 Å². The Kier molecular flexibility index (Phi) is 3.12. The summed E-state index contributed by atoms with van der Waals surface area (Å²) in [6.45, 7) is 2.47. The predicted octanol–water partition coefficient (Wildman–Crippen LogP) is 1.00. The Morgan fingerprint density at radius 2 is 2.32 bits per heavy atom. The van der Waals surface area contributed by atoms with Crippen LogP contribution in [0.15, 0.2) is 12.4 Å². The Morgan fingerprint density at radius 3 is 3.05 bits per heavy atom. The smallest absolute Gasteiger partial charge is 0.220 e. The normalized spacial score (nSPS) is 15.5. The molecule has 100 valence electrons. The van der Waals surface area contributed by atoms with Crippen molar-refractivity contribution < 1.29 is 0 Å². The monoisotopic (exact) mass is 278 g/mol. The van der Waals surface area contributed by atoms with E-state index in [4.69, 9.17) is 17.3 Å². The maximum absolute atomic E-state index is 6.13. The number of aryl methyl sites for hydroxylation is 1. The van der Waals surface area contributed by atoms with Crippen LogP contribution in [-0.4, -0.2) is 31.2 Å². The van der Waals surface area contributed by atoms with E-state index in [0.29, 0.717) is 11.0 Å². The van der Waals surface area contributed by atoms with Gasteiger partial charge in [0.25, 0.3) is 0 Å². The van der Waals surface area contributed by atoms with Crippen LogP contribution in [0.4, 0.5) is 5.95 Å². The van der Waals surface area contributed by atoms with E-state index in [9.17, 15) is 0 Å². The highest BCUT2D eigenvalue weighted by molar-refractivity contribution is 6.31. The molecule has 0 atom stereocenters. The second kappa shape index (κ2) is 4.79. The minimum Gasteiger partial charge on any atom is -0.368 e. The van der Waals surface area contributed by atoms with Gasteiger partial charge in [0, 0.05) is 51.1 Å². The van der Waals surface area contributed by atoms with Crippen LogP contribution >= 0.6 is 11.6 Å². The Bertz CT molecular complexity index is 608. The van der Waals surface area contributed by atoms with Crippen molar-refractivity contribution in [2.75, 3.05) is 12.3 Å². The molecule has 0 spiro atoms. The Morgan fingerprint density at radius 1 is 1.47 bits per heavy atom. The van der Waals surface area contributed by atoms with Gasteiger partial charge in [-0.25, -0.2) is 9.97 Å². The number of hydrogen-bond acceptors (Lipinski definition) is 5. The minimum atomic E-state index is 0.347. The fourth-order valence-electron chi connectivity index (χ4n) is 2.35. The largest absolute Gasteiger partial charge is 0.368 e. The molecule has 0 aromatic carbocycles. The van der Waals surface area contributed by atoms with Gasteiger partial charge >= 0.3 is 0 Å². The summed E-state index contributed by atoms with van der Waals surface area (Å²) in [5.41, 5.74) is 8.69. The zero-order chi connectivity index (χ0) is 13.4. The molecular formula is C12H15ClN6. The first-order valence-corrected chi connectivity index (χ1v) is 6.50. The van der Waals surface area contributed by atoms with E-state index in [1.165, 1.54) is 0 Å². The molecule has 0 amide bonds. The van der Waals surface area contributed by atoms with Gasteiger partial charge < -0.3 is 5.73 Å². The summed E-state index contributed by atoms with van der Waals surface area (Å²) in [6.07, 6.45) is 4.51. The molecule has 1 aliphatic heterocycles. The summed E-state index contributed by atoms with van der Waals surface area (Å²) in [5.74, 6) is 0.347. The highest BCUT2D eigenvalue weighted by atomic mass is 35.5. The number of nitrogen functional groups attached to an aromatic ring is 1. The molecule has 19 heavy (non-hydrogen) atoms. The summed E-state index contributed by atoms with van der Waals surface area (Å²) in [4.78, 5) is 10.6. The quantitative estimate of drug-likeness (QED) is 0.887. The summed E-state index contributed by atoms with van der Waals surface area (Å²) in [5, 5.41) is 5.08. The number of fused-ring (bicyclic) bond motifs is 1. The van der Waals surface area contributed by atoms with Crippen molar-refractivity contribution in [3.05, 3.63) is 34.4 Å². The van der Waals surface area contributed by atoms with Crippen molar-refractivity contribution in [2.24, 2.45) is 7.05 Å². The molecule has 0 radical (unpaired) electrons. The average molecular weight is 279 g/mol. The summed E-state index contributed by atoms with van der Waals surface area (Å²) < 4.78 is 1.74. The molecular weight excluding hydrogens is 264 g/mol. The standard InChI is InChI=1S/C12H15ClN6/c1-18-6-9(13)11(17-18)7-19-3-2-10-8(5-19)4-15-12(14)16-10/h4,6H,2-3,5,7H2,1H3,(H2,14,15,16). The molecule has 0 fully saturated rings. The van der Waals surface area contributed by atoms with E-state index in [-0.39, 0.29) is 0 Å². The second-order valence-corrected chi connectivity index (χ2v) is 5.17. The minimum absolute atomic E-state index is 0.347. The van der Waals surface area contributed by atoms with E-state index in [1.807, 2.05) is 19.4 Å². The van der Waals surface area contributed by atoms with E-state index in [2.05, 4.69) is 20.0 Å². The molecule has 3 heterocycles. The van der Waals surface area contributed by atoms with Crippen molar-refractivity contribution in [1.82, 2.24) is 24.6 Å². The van der Waals surface area contributed by atoms with Crippen LogP contribution in [0.25, 0.3) is 0 Å². The Labute approximate surface area is 116 Å². The van der Waals surface area contributed by atoms with Gasteiger partial charge in [0.15, 0.2) is 0 Å². The van der Waals surface area contributed by atoms with Gasteiger partial charge in [0.2, 0.25) is 5.95 Å². The van der Waals surface area contributed by atoms with Crippen molar-refractivity contribution in [1.29, 1.82) is 0 Å². The van der Waals surface area contributed by atoms with Crippen molar-refractivity contribution in [3.8, 4) is 0 Å². The van der Waals surface area contributed by atoms with E-state index < -0.39 is 0 Å². The first-order chi connectivity index (χ1) is 9.11. The summed E-state index contributed by atoms with van der Waals surface area (Å²) in [6, 6.07) is 0. The lowest BCUT2D eigenvalue weighted by atomic mass is 10.1. The number of aromatic nitrogens is 4. The molecule has 0 saturated carbocycles. The topological polar surface area (TPSA) is 72.9 Å². The van der Waals surface area contributed by atoms with Crippen LogP contribution in [0.3, 0.4) is 0 Å². The number of nitrogens with two attached hydrogens (primary N) is 1. The summed E-state index contributed by atoms with van der Waals surface area (Å²) >= 11 is 6.13. The molecule has 6 nitrogen and oxygen atoms in total. The lowest BCUT2D eigenvalue weighted by Gasteiger charge is -2.27. The Balaban J connectivity index is 1.75. The maximum Gasteiger partial charge on any atom is 0.220 e. The number of hydrogen-bond donors (Lipinski definition) is 1. The predicted molar refractivity (Wildman–Crippen MR) is 72.5 cm³/mol. The number of halogens is 1. The van der Waals surface area contributed by atoms with Gasteiger partial charge in [-0.1, -0.05) is 11.6 Å². The molecule has 7 heteroatoms. The van der Waals surface area contributed by atoms with Crippen molar-refractivity contribution in [3.63, 3.8) is 0 Å². The van der Waals surface area contributed by atoms with Gasteiger partial charge in [0.05, 0.1) is 16.4 Å². The van der Waals surface area contributed by atoms with Crippen molar-refractivity contribution >= 4 is 17.5 Å². The lowest BCUT2D eigenvalue weighted by Crippen LogP contribution is -2.31. The van der Waals surface area contributed by atoms with Crippen LogP contribution in [0.1, 0.15) is 17.0 Å². The van der Waals surface area contributed by atoms with Gasteiger partial charge in [-0.3, -0.25) is 9.58 Å². The first-order valence-electron chi connectivity index (χ1n) is 6.12. The van der Waals surface area contributed by atoms with E-state index in [1.54, 1.807) is 4.68 Å². The molecule has 1 aliphatic rings. The third-order valence-corrected chi connectivity index (χ3v) is 3.58. The molecule has 0 unspecified atom stereocenters. The second-order valence-electron chi connectivity index (χ2n) is 4.76. The number of rotatable bonds is 2. The lowest BCUT2D eigenvalue weighted by molar-refractivity contribution is 0.239. The number of anilines is 1. The average Bonchev–Trinajstić information content (AvgIpc) is 2.68. The summed E-state index contributed by atoms with van der Waals surface area (Å²) in [7, 11) is 1.87. The number of nitrogens with zero attached hydrogens (tertiary/aromatic N) is 5. The molecule has 2 aromatic rings. The SMILES string of the molecule is Cn1cc(Cl)c(CN2CCc3nc(N)ncc3C2)n1. The van der Waals surface area contributed by atoms with Gasteiger partial charge in [-0.05, 0) is 0 Å². The third-order valence-electron chi connectivity index (χ3n) is 3.26. The van der Waals surface area contributed by atoms with E-state index >= 15 is 0 Å². The van der Waals surface area contributed by atoms with Gasteiger partial charge in [0.1, 0.15) is 0 Å².